The van der Waals surface area contributed by atoms with Crippen LogP contribution in [0.5, 0.6) is 0 Å². The number of halogens is 1. The number of aromatic nitrogens is 3. The monoisotopic (exact) mass is 311 g/mol. The van der Waals surface area contributed by atoms with Crippen molar-refractivity contribution in [2.75, 3.05) is 23.7 Å². The second-order valence-electron chi connectivity index (χ2n) is 3.93. The SMILES string of the molecule is CC.Nc1c(Br)c(N2CCCC2)nc2ccnn12. The summed E-state index contributed by atoms with van der Waals surface area (Å²) in [5, 5.41) is 4.13. The molecule has 0 bridgehead atoms. The molecule has 6 heteroatoms. The molecule has 18 heavy (non-hydrogen) atoms. The molecular weight excluding hydrogens is 294 g/mol. The maximum absolute atomic E-state index is 6.02. The van der Waals surface area contributed by atoms with Gasteiger partial charge in [-0.15, -0.1) is 0 Å². The summed E-state index contributed by atoms with van der Waals surface area (Å²) in [6, 6.07) is 1.86. The Hall–Kier alpha value is -1.30. The van der Waals surface area contributed by atoms with Crippen LogP contribution in [0.2, 0.25) is 0 Å². The van der Waals surface area contributed by atoms with E-state index >= 15 is 0 Å². The van der Waals surface area contributed by atoms with Crippen molar-refractivity contribution in [1.29, 1.82) is 0 Å². The number of nitrogens with zero attached hydrogens (tertiary/aromatic N) is 4. The third kappa shape index (κ3) is 2.16. The maximum Gasteiger partial charge on any atom is 0.159 e. The molecule has 0 spiro atoms. The Morgan fingerprint density at radius 1 is 1.28 bits per heavy atom. The van der Waals surface area contributed by atoms with Gasteiger partial charge < -0.3 is 10.6 Å². The van der Waals surface area contributed by atoms with Crippen LogP contribution in [-0.2, 0) is 0 Å². The first-order chi connectivity index (χ1) is 8.77. The molecule has 0 aliphatic carbocycles. The molecular formula is C12H18BrN5. The fourth-order valence-electron chi connectivity index (χ4n) is 2.07. The maximum atomic E-state index is 6.02. The second kappa shape index (κ2) is 5.56. The topological polar surface area (TPSA) is 59.5 Å². The summed E-state index contributed by atoms with van der Waals surface area (Å²) in [4.78, 5) is 6.83. The Morgan fingerprint density at radius 3 is 2.61 bits per heavy atom. The van der Waals surface area contributed by atoms with E-state index in [-0.39, 0.29) is 0 Å². The van der Waals surface area contributed by atoms with E-state index in [4.69, 9.17) is 5.73 Å². The number of anilines is 2. The molecule has 3 heterocycles. The lowest BCUT2D eigenvalue weighted by molar-refractivity contribution is 0.899. The summed E-state index contributed by atoms with van der Waals surface area (Å²) in [5.41, 5.74) is 6.81. The van der Waals surface area contributed by atoms with Gasteiger partial charge in [-0.3, -0.25) is 0 Å². The van der Waals surface area contributed by atoms with Crippen LogP contribution in [0.15, 0.2) is 16.7 Å². The minimum atomic E-state index is 0.608. The number of nitrogen functional groups attached to an aromatic ring is 1. The fourth-order valence-corrected chi connectivity index (χ4v) is 2.58. The van der Waals surface area contributed by atoms with Gasteiger partial charge in [-0.1, -0.05) is 13.8 Å². The molecule has 0 atom stereocenters. The van der Waals surface area contributed by atoms with Crippen molar-refractivity contribution in [1.82, 2.24) is 14.6 Å². The molecule has 98 valence electrons. The molecule has 1 aliphatic rings. The minimum absolute atomic E-state index is 0.608. The molecule has 5 nitrogen and oxygen atoms in total. The Labute approximate surface area is 115 Å². The molecule has 1 aliphatic heterocycles. The van der Waals surface area contributed by atoms with E-state index in [1.165, 1.54) is 12.8 Å². The van der Waals surface area contributed by atoms with Crippen LogP contribution in [0.3, 0.4) is 0 Å². The van der Waals surface area contributed by atoms with Crippen molar-refractivity contribution in [3.8, 4) is 0 Å². The molecule has 0 amide bonds. The van der Waals surface area contributed by atoms with Gasteiger partial charge in [0.1, 0.15) is 16.1 Å². The van der Waals surface area contributed by atoms with Gasteiger partial charge in [0.15, 0.2) is 5.65 Å². The molecule has 1 fully saturated rings. The van der Waals surface area contributed by atoms with Gasteiger partial charge in [0.25, 0.3) is 0 Å². The quantitative estimate of drug-likeness (QED) is 0.879. The van der Waals surface area contributed by atoms with Gasteiger partial charge in [0, 0.05) is 19.2 Å². The van der Waals surface area contributed by atoms with Crippen molar-refractivity contribution >= 4 is 33.2 Å². The summed E-state index contributed by atoms with van der Waals surface area (Å²) in [6.45, 7) is 6.10. The highest BCUT2D eigenvalue weighted by atomic mass is 79.9. The van der Waals surface area contributed by atoms with Crippen molar-refractivity contribution in [2.45, 2.75) is 26.7 Å². The summed E-state index contributed by atoms with van der Waals surface area (Å²) in [6.07, 6.45) is 4.15. The lowest BCUT2D eigenvalue weighted by atomic mass is 10.4. The van der Waals surface area contributed by atoms with E-state index in [9.17, 15) is 0 Å². The highest BCUT2D eigenvalue weighted by Gasteiger charge is 2.19. The lowest BCUT2D eigenvalue weighted by Gasteiger charge is -2.19. The van der Waals surface area contributed by atoms with Crippen molar-refractivity contribution < 1.29 is 0 Å². The van der Waals surface area contributed by atoms with Gasteiger partial charge in [0.05, 0.1) is 6.20 Å². The normalized spacial score (nSPS) is 14.7. The van der Waals surface area contributed by atoms with Crippen LogP contribution in [0.1, 0.15) is 26.7 Å². The zero-order valence-corrected chi connectivity index (χ0v) is 12.3. The molecule has 3 rings (SSSR count). The van der Waals surface area contributed by atoms with Gasteiger partial charge in [0.2, 0.25) is 0 Å². The molecule has 0 unspecified atom stereocenters. The highest BCUT2D eigenvalue weighted by Crippen LogP contribution is 2.32. The third-order valence-electron chi connectivity index (χ3n) is 2.90. The van der Waals surface area contributed by atoms with E-state index in [1.54, 1.807) is 10.7 Å². The first-order valence-corrected chi connectivity index (χ1v) is 7.10. The largest absolute Gasteiger partial charge is 0.383 e. The first kappa shape index (κ1) is 13.1. The predicted octanol–water partition coefficient (Wildman–Crippen LogP) is 2.70. The number of hydrogen-bond acceptors (Lipinski definition) is 4. The van der Waals surface area contributed by atoms with E-state index in [2.05, 4.69) is 30.9 Å². The smallest absolute Gasteiger partial charge is 0.159 e. The zero-order chi connectivity index (χ0) is 13.1. The van der Waals surface area contributed by atoms with Crippen LogP contribution in [0, 0.1) is 0 Å². The molecule has 0 aromatic carbocycles. The summed E-state index contributed by atoms with van der Waals surface area (Å²) in [7, 11) is 0. The molecule has 2 aromatic rings. The van der Waals surface area contributed by atoms with Crippen LogP contribution < -0.4 is 10.6 Å². The zero-order valence-electron chi connectivity index (χ0n) is 10.7. The molecule has 0 radical (unpaired) electrons. The van der Waals surface area contributed by atoms with Crippen LogP contribution in [0.25, 0.3) is 5.65 Å². The Balaban J connectivity index is 0.000000574. The average molecular weight is 312 g/mol. The van der Waals surface area contributed by atoms with E-state index in [0.717, 1.165) is 29.0 Å². The van der Waals surface area contributed by atoms with Crippen LogP contribution in [0.4, 0.5) is 11.6 Å². The van der Waals surface area contributed by atoms with Gasteiger partial charge in [-0.2, -0.15) is 9.61 Å². The molecule has 1 saturated heterocycles. The van der Waals surface area contributed by atoms with Crippen molar-refractivity contribution in [2.24, 2.45) is 0 Å². The Morgan fingerprint density at radius 2 is 1.94 bits per heavy atom. The molecule has 2 aromatic heterocycles. The number of hydrogen-bond donors (Lipinski definition) is 1. The molecule has 2 N–H and O–H groups in total. The van der Waals surface area contributed by atoms with Crippen LogP contribution >= 0.6 is 15.9 Å². The highest BCUT2D eigenvalue weighted by molar-refractivity contribution is 9.10. The number of nitrogens with two attached hydrogens (primary N) is 1. The van der Waals surface area contributed by atoms with Crippen molar-refractivity contribution in [3.63, 3.8) is 0 Å². The first-order valence-electron chi connectivity index (χ1n) is 6.31. The lowest BCUT2D eigenvalue weighted by Crippen LogP contribution is -2.20. The third-order valence-corrected chi connectivity index (χ3v) is 3.66. The Kier molecular flexibility index (Phi) is 4.06. The molecule has 0 saturated carbocycles. The predicted molar refractivity (Wildman–Crippen MR) is 77.9 cm³/mol. The second-order valence-corrected chi connectivity index (χ2v) is 4.72. The summed E-state index contributed by atoms with van der Waals surface area (Å²) < 4.78 is 2.48. The van der Waals surface area contributed by atoms with Gasteiger partial charge >= 0.3 is 0 Å². The van der Waals surface area contributed by atoms with Gasteiger partial charge in [-0.05, 0) is 28.8 Å². The van der Waals surface area contributed by atoms with E-state index in [1.807, 2.05) is 19.9 Å². The number of fused-ring (bicyclic) bond motifs is 1. The van der Waals surface area contributed by atoms with E-state index < -0.39 is 0 Å². The van der Waals surface area contributed by atoms with Gasteiger partial charge in [-0.25, -0.2) is 4.98 Å². The average Bonchev–Trinajstić information content (AvgIpc) is 3.06. The Bertz CT molecular complexity index is 530. The fraction of sp³-hybridized carbons (Fsp3) is 0.500. The van der Waals surface area contributed by atoms with Crippen molar-refractivity contribution in [3.05, 3.63) is 16.7 Å². The van der Waals surface area contributed by atoms with E-state index in [0.29, 0.717) is 5.82 Å². The summed E-state index contributed by atoms with van der Waals surface area (Å²) in [5.74, 6) is 1.54. The van der Waals surface area contributed by atoms with Crippen LogP contribution in [-0.4, -0.2) is 27.7 Å². The summed E-state index contributed by atoms with van der Waals surface area (Å²) >= 11 is 3.51. The minimum Gasteiger partial charge on any atom is -0.383 e. The standard InChI is InChI=1S/C10H12BrN5.C2H6/c11-8-9(12)16-7(3-4-13-16)14-10(8)15-5-1-2-6-15;1-2/h3-4H,1-2,5-6,12H2;1-2H3. The number of rotatable bonds is 1.